The number of amides is 1. The van der Waals surface area contributed by atoms with E-state index in [1.54, 1.807) is 13.3 Å². The van der Waals surface area contributed by atoms with Crippen LogP contribution in [-0.4, -0.2) is 23.9 Å². The summed E-state index contributed by atoms with van der Waals surface area (Å²) < 4.78 is 5.62. The smallest absolute Gasteiger partial charge is 0.227 e. The first-order valence-electron chi connectivity index (χ1n) is 11.5. The zero-order valence-corrected chi connectivity index (χ0v) is 19.2. The largest absolute Gasteiger partial charge is 0.444 e. The van der Waals surface area contributed by atoms with Gasteiger partial charge in [0.05, 0.1) is 12.2 Å². The minimum Gasteiger partial charge on any atom is -0.444 e. The van der Waals surface area contributed by atoms with Gasteiger partial charge in [0.1, 0.15) is 6.26 Å². The Morgan fingerprint density at radius 2 is 1.85 bits per heavy atom. The molecule has 0 atom stereocenters. The topological polar surface area (TPSA) is 91.5 Å². The van der Waals surface area contributed by atoms with Crippen LogP contribution < -0.4 is 16.0 Å². The lowest BCUT2D eigenvalue weighted by Gasteiger charge is -2.13. The molecule has 0 saturated heterocycles. The van der Waals surface area contributed by atoms with Gasteiger partial charge in [-0.25, -0.2) is 4.98 Å². The van der Waals surface area contributed by atoms with Gasteiger partial charge in [0, 0.05) is 30.8 Å². The first-order chi connectivity index (χ1) is 16.1. The van der Waals surface area contributed by atoms with Crippen LogP contribution in [0.1, 0.15) is 42.5 Å². The second-order valence-electron chi connectivity index (χ2n) is 8.46. The van der Waals surface area contributed by atoms with Crippen molar-refractivity contribution in [3.63, 3.8) is 0 Å². The Hall–Kier alpha value is -3.61. The van der Waals surface area contributed by atoms with Gasteiger partial charge in [-0.05, 0) is 49.6 Å². The SMILES string of the molecule is CN=C(NCc1cccc(NC(=O)C2CCCC2)c1)NCc1coc(-c2ccc(C)cc2)n1. The standard InChI is InChI=1S/C26H31N5O2/c1-18-10-12-21(13-11-18)25-31-23(17-33-25)16-29-26(27-2)28-15-19-6-5-9-22(14-19)30-24(32)20-7-3-4-8-20/h5-6,9-14,17,20H,3-4,7-8,15-16H2,1-2H3,(H,30,32)(H2,27,28,29). The number of carbonyl (C=O) groups excluding carboxylic acids is 1. The molecule has 172 valence electrons. The van der Waals surface area contributed by atoms with Crippen molar-refractivity contribution in [2.75, 3.05) is 12.4 Å². The minimum atomic E-state index is 0.132. The number of hydrogen-bond acceptors (Lipinski definition) is 4. The van der Waals surface area contributed by atoms with Crippen molar-refractivity contribution in [2.45, 2.75) is 45.7 Å². The number of aliphatic imine (C=N–C) groups is 1. The highest BCUT2D eigenvalue weighted by Gasteiger charge is 2.22. The van der Waals surface area contributed by atoms with Gasteiger partial charge in [0.2, 0.25) is 11.8 Å². The number of aryl methyl sites for hydroxylation is 1. The van der Waals surface area contributed by atoms with E-state index in [-0.39, 0.29) is 11.8 Å². The number of nitrogens with one attached hydrogen (secondary N) is 3. The van der Waals surface area contributed by atoms with Crippen LogP contribution in [0.25, 0.3) is 11.5 Å². The minimum absolute atomic E-state index is 0.132. The maximum atomic E-state index is 12.4. The van der Waals surface area contributed by atoms with Crippen LogP contribution in [0.2, 0.25) is 0 Å². The Labute approximate surface area is 194 Å². The molecular weight excluding hydrogens is 414 g/mol. The molecule has 1 aromatic heterocycles. The van der Waals surface area contributed by atoms with E-state index in [0.717, 1.165) is 48.2 Å². The molecule has 0 aliphatic heterocycles. The van der Waals surface area contributed by atoms with E-state index in [1.807, 2.05) is 48.5 Å². The third-order valence-corrected chi connectivity index (χ3v) is 5.89. The summed E-state index contributed by atoms with van der Waals surface area (Å²) in [4.78, 5) is 21.2. The molecule has 4 rings (SSSR count). The Morgan fingerprint density at radius 3 is 2.61 bits per heavy atom. The Balaban J connectivity index is 1.27. The van der Waals surface area contributed by atoms with Crippen molar-refractivity contribution in [3.05, 3.63) is 71.6 Å². The van der Waals surface area contributed by atoms with E-state index in [2.05, 4.69) is 32.9 Å². The molecule has 1 fully saturated rings. The van der Waals surface area contributed by atoms with Gasteiger partial charge in [-0.2, -0.15) is 0 Å². The van der Waals surface area contributed by atoms with Gasteiger partial charge in [-0.15, -0.1) is 0 Å². The van der Waals surface area contributed by atoms with Gasteiger partial charge in [-0.1, -0.05) is 42.7 Å². The monoisotopic (exact) mass is 445 g/mol. The number of anilines is 1. The van der Waals surface area contributed by atoms with Crippen molar-refractivity contribution in [1.29, 1.82) is 0 Å². The van der Waals surface area contributed by atoms with Crippen LogP contribution in [0.3, 0.4) is 0 Å². The number of rotatable bonds is 7. The molecule has 1 heterocycles. The second-order valence-corrected chi connectivity index (χ2v) is 8.46. The lowest BCUT2D eigenvalue weighted by molar-refractivity contribution is -0.119. The fourth-order valence-corrected chi connectivity index (χ4v) is 3.99. The van der Waals surface area contributed by atoms with Crippen LogP contribution in [0.4, 0.5) is 5.69 Å². The molecule has 1 aliphatic carbocycles. The molecule has 1 amide bonds. The van der Waals surface area contributed by atoms with Gasteiger partial charge in [0.25, 0.3) is 0 Å². The summed E-state index contributed by atoms with van der Waals surface area (Å²) in [6.07, 6.45) is 5.94. The third kappa shape index (κ3) is 6.22. The Kier molecular flexibility index (Phi) is 7.40. The summed E-state index contributed by atoms with van der Waals surface area (Å²) in [5.74, 6) is 1.55. The molecule has 0 unspecified atom stereocenters. The van der Waals surface area contributed by atoms with Gasteiger partial charge < -0.3 is 20.4 Å². The molecule has 1 aliphatic rings. The molecular formula is C26H31N5O2. The first kappa shape index (κ1) is 22.6. The lowest BCUT2D eigenvalue weighted by atomic mass is 10.1. The van der Waals surface area contributed by atoms with Crippen molar-refractivity contribution < 1.29 is 9.21 Å². The van der Waals surface area contributed by atoms with Crippen molar-refractivity contribution in [2.24, 2.45) is 10.9 Å². The van der Waals surface area contributed by atoms with Crippen molar-refractivity contribution >= 4 is 17.6 Å². The summed E-state index contributed by atoms with van der Waals surface area (Å²) in [7, 11) is 1.73. The number of aromatic nitrogens is 1. The summed E-state index contributed by atoms with van der Waals surface area (Å²) in [5.41, 5.74) is 4.84. The maximum Gasteiger partial charge on any atom is 0.227 e. The summed E-state index contributed by atoms with van der Waals surface area (Å²) in [5, 5.41) is 9.62. The molecule has 3 N–H and O–H groups in total. The van der Waals surface area contributed by atoms with Crippen LogP contribution in [0.15, 0.2) is 64.2 Å². The fourth-order valence-electron chi connectivity index (χ4n) is 3.99. The van der Waals surface area contributed by atoms with Crippen LogP contribution in [0.5, 0.6) is 0 Å². The van der Waals surface area contributed by atoms with E-state index in [4.69, 9.17) is 4.42 Å². The zero-order valence-electron chi connectivity index (χ0n) is 19.2. The molecule has 0 radical (unpaired) electrons. The van der Waals surface area contributed by atoms with Crippen molar-refractivity contribution in [1.82, 2.24) is 15.6 Å². The zero-order chi connectivity index (χ0) is 23.0. The number of nitrogens with zero attached hydrogens (tertiary/aromatic N) is 2. The normalized spacial score (nSPS) is 14.3. The second kappa shape index (κ2) is 10.8. The fraction of sp³-hybridized carbons (Fsp3) is 0.346. The van der Waals surface area contributed by atoms with Crippen LogP contribution in [0, 0.1) is 12.8 Å². The van der Waals surface area contributed by atoms with Gasteiger partial charge in [0.15, 0.2) is 5.96 Å². The highest BCUT2D eigenvalue weighted by Crippen LogP contribution is 2.26. The summed E-state index contributed by atoms with van der Waals surface area (Å²) >= 11 is 0. The number of carbonyl (C=O) groups is 1. The molecule has 0 spiro atoms. The average Bonchev–Trinajstić information content (AvgIpc) is 3.53. The molecule has 2 aromatic carbocycles. The van der Waals surface area contributed by atoms with Crippen LogP contribution in [-0.2, 0) is 17.9 Å². The number of hydrogen-bond donors (Lipinski definition) is 3. The predicted molar refractivity (Wildman–Crippen MR) is 131 cm³/mol. The quantitative estimate of drug-likeness (QED) is 0.364. The predicted octanol–water partition coefficient (Wildman–Crippen LogP) is 4.64. The van der Waals surface area contributed by atoms with Gasteiger partial charge >= 0.3 is 0 Å². The summed E-state index contributed by atoms with van der Waals surface area (Å²) in [6, 6.07) is 16.0. The number of guanidine groups is 1. The maximum absolute atomic E-state index is 12.4. The van der Waals surface area contributed by atoms with E-state index in [9.17, 15) is 4.79 Å². The van der Waals surface area contributed by atoms with Gasteiger partial charge in [-0.3, -0.25) is 9.79 Å². The van der Waals surface area contributed by atoms with E-state index < -0.39 is 0 Å². The van der Waals surface area contributed by atoms with E-state index in [1.165, 1.54) is 5.56 Å². The third-order valence-electron chi connectivity index (χ3n) is 5.89. The molecule has 3 aromatic rings. The Morgan fingerprint density at radius 1 is 1.09 bits per heavy atom. The highest BCUT2D eigenvalue weighted by atomic mass is 16.3. The Bertz CT molecular complexity index is 1100. The molecule has 1 saturated carbocycles. The van der Waals surface area contributed by atoms with E-state index >= 15 is 0 Å². The number of oxazole rings is 1. The molecule has 7 heteroatoms. The highest BCUT2D eigenvalue weighted by molar-refractivity contribution is 5.92. The van der Waals surface area contributed by atoms with E-state index in [0.29, 0.717) is 24.9 Å². The van der Waals surface area contributed by atoms with Crippen molar-refractivity contribution in [3.8, 4) is 11.5 Å². The molecule has 7 nitrogen and oxygen atoms in total. The average molecular weight is 446 g/mol. The van der Waals surface area contributed by atoms with Crippen LogP contribution >= 0.6 is 0 Å². The summed E-state index contributed by atoms with van der Waals surface area (Å²) in [6.45, 7) is 3.13. The number of benzene rings is 2. The lowest BCUT2D eigenvalue weighted by Crippen LogP contribution is -2.36. The molecule has 33 heavy (non-hydrogen) atoms. The molecule has 0 bridgehead atoms. The first-order valence-corrected chi connectivity index (χ1v) is 11.5.